The third-order valence-electron chi connectivity index (χ3n) is 15.2. The molecule has 0 aromatic carbocycles. The average Bonchev–Trinajstić information content (AvgIpc) is 3.48. The molecule has 2 rings (SSSR count). The first-order valence-corrected chi connectivity index (χ1v) is 31.5. The van der Waals surface area contributed by atoms with E-state index in [1.165, 1.54) is 122 Å². The zero-order valence-corrected chi connectivity index (χ0v) is 48.9. The number of allylic oxidation sites excluding steroid dienone is 10. The van der Waals surface area contributed by atoms with Crippen LogP contribution in [-0.2, 0) is 23.7 Å². The maximum absolute atomic E-state index is 13.3. The summed E-state index contributed by atoms with van der Waals surface area (Å²) in [5.74, 6) is -0.225. The molecule has 0 aliphatic carbocycles. The van der Waals surface area contributed by atoms with Gasteiger partial charge in [-0.15, -0.1) is 0 Å². The van der Waals surface area contributed by atoms with Crippen molar-refractivity contribution in [3.63, 3.8) is 0 Å². The zero-order chi connectivity index (χ0) is 56.7. The van der Waals surface area contributed by atoms with Gasteiger partial charge in [-0.25, -0.2) is 0 Å². The number of hydrogen-bond donors (Lipinski definition) is 9. The Morgan fingerprint density at radius 2 is 0.885 bits per heavy atom. The van der Waals surface area contributed by atoms with Crippen LogP contribution in [0.15, 0.2) is 60.8 Å². The number of aliphatic hydroxyl groups excluding tert-OH is 8. The molecular formula is C64H115NO13. The van der Waals surface area contributed by atoms with E-state index >= 15 is 0 Å². The Morgan fingerprint density at radius 3 is 1.36 bits per heavy atom. The number of unbranched alkanes of at least 4 members (excludes halogenated alkanes) is 27. The van der Waals surface area contributed by atoms with Crippen LogP contribution in [0.4, 0.5) is 0 Å². The molecular weight excluding hydrogens is 991 g/mol. The van der Waals surface area contributed by atoms with Gasteiger partial charge in [0.05, 0.1) is 32.0 Å². The Bertz CT molecular complexity index is 1540. The Balaban J connectivity index is 1.74. The van der Waals surface area contributed by atoms with Crippen molar-refractivity contribution in [2.24, 2.45) is 0 Å². The second-order valence-corrected chi connectivity index (χ2v) is 22.2. The summed E-state index contributed by atoms with van der Waals surface area (Å²) in [7, 11) is 0. The second kappa shape index (κ2) is 49.3. The molecule has 0 saturated carbocycles. The number of nitrogens with one attached hydrogen (secondary N) is 1. The van der Waals surface area contributed by atoms with E-state index in [0.717, 1.165) is 89.9 Å². The highest BCUT2D eigenvalue weighted by Gasteiger charge is 2.51. The van der Waals surface area contributed by atoms with Crippen LogP contribution in [0.3, 0.4) is 0 Å². The Morgan fingerprint density at radius 1 is 0.474 bits per heavy atom. The molecule has 0 bridgehead atoms. The van der Waals surface area contributed by atoms with Gasteiger partial charge in [-0.05, 0) is 57.8 Å². The molecule has 2 saturated heterocycles. The van der Waals surface area contributed by atoms with Gasteiger partial charge in [0.2, 0.25) is 5.91 Å². The van der Waals surface area contributed by atoms with Crippen LogP contribution in [-0.4, -0.2) is 140 Å². The highest BCUT2D eigenvalue weighted by Crippen LogP contribution is 2.30. The number of carbonyl (C=O) groups is 1. The Hall–Kier alpha value is -2.31. The van der Waals surface area contributed by atoms with Crippen LogP contribution in [0, 0.1) is 0 Å². The minimum Gasteiger partial charge on any atom is -0.394 e. The molecule has 12 unspecified atom stereocenters. The van der Waals surface area contributed by atoms with Crippen molar-refractivity contribution in [1.82, 2.24) is 5.32 Å². The summed E-state index contributed by atoms with van der Waals surface area (Å²) in [5.41, 5.74) is 0. The van der Waals surface area contributed by atoms with Gasteiger partial charge >= 0.3 is 0 Å². The van der Waals surface area contributed by atoms with E-state index in [9.17, 15) is 45.6 Å². The molecule has 14 nitrogen and oxygen atoms in total. The van der Waals surface area contributed by atoms with Crippen molar-refractivity contribution in [3.8, 4) is 0 Å². The summed E-state index contributed by atoms with van der Waals surface area (Å²) < 4.78 is 22.9. The lowest BCUT2D eigenvalue weighted by atomic mass is 9.97. The number of hydrogen-bond acceptors (Lipinski definition) is 13. The molecule has 2 aliphatic heterocycles. The van der Waals surface area contributed by atoms with Crippen molar-refractivity contribution in [3.05, 3.63) is 60.8 Å². The minimum atomic E-state index is -1.79. The van der Waals surface area contributed by atoms with Crippen molar-refractivity contribution in [2.75, 3.05) is 19.8 Å². The van der Waals surface area contributed by atoms with E-state index in [0.29, 0.717) is 12.8 Å². The third kappa shape index (κ3) is 34.2. The van der Waals surface area contributed by atoms with E-state index in [1.807, 2.05) is 0 Å². The highest BCUT2D eigenvalue weighted by atomic mass is 16.7. The van der Waals surface area contributed by atoms with Crippen LogP contribution in [0.2, 0.25) is 0 Å². The summed E-state index contributed by atoms with van der Waals surface area (Å²) in [6, 6.07) is -0.843. The summed E-state index contributed by atoms with van der Waals surface area (Å²) >= 11 is 0. The Kier molecular flexibility index (Phi) is 45.4. The number of aliphatic hydroxyl groups is 8. The largest absolute Gasteiger partial charge is 0.394 e. The number of rotatable bonds is 50. The van der Waals surface area contributed by atoms with Crippen LogP contribution in [0.25, 0.3) is 0 Å². The van der Waals surface area contributed by atoms with Crippen molar-refractivity contribution in [1.29, 1.82) is 0 Å². The summed E-state index contributed by atoms with van der Waals surface area (Å²) in [6.45, 7) is 2.75. The van der Waals surface area contributed by atoms with Gasteiger partial charge in [0, 0.05) is 6.42 Å². The van der Waals surface area contributed by atoms with Gasteiger partial charge in [-0.2, -0.15) is 0 Å². The summed E-state index contributed by atoms with van der Waals surface area (Å²) in [6.07, 6.45) is 46.4. The predicted molar refractivity (Wildman–Crippen MR) is 314 cm³/mol. The van der Waals surface area contributed by atoms with Gasteiger partial charge in [-0.3, -0.25) is 4.79 Å². The maximum atomic E-state index is 13.3. The van der Waals surface area contributed by atoms with E-state index in [1.54, 1.807) is 0 Å². The van der Waals surface area contributed by atoms with E-state index in [2.05, 4.69) is 79.9 Å². The molecule has 12 atom stereocenters. The fraction of sp³-hybridized carbons (Fsp3) is 0.828. The average molecular weight is 1110 g/mol. The quantitative estimate of drug-likeness (QED) is 0.0204. The number of amides is 1. The molecule has 2 aliphatic rings. The van der Waals surface area contributed by atoms with E-state index in [4.69, 9.17) is 18.9 Å². The zero-order valence-electron chi connectivity index (χ0n) is 48.9. The monoisotopic (exact) mass is 1110 g/mol. The molecule has 9 N–H and O–H groups in total. The van der Waals surface area contributed by atoms with Gasteiger partial charge in [0.25, 0.3) is 0 Å². The standard InChI is InChI=1S/C64H115NO13/c1-3-5-7-9-11-13-15-17-19-21-23-25-26-28-29-31-33-35-37-39-41-43-45-47-53(68)52(51-75-63-61(74)59(72)62(55(50-67)77-63)78-64-60(73)58(71)57(70)54(49-66)76-64)65-56(69)48-46-44-42-40-38-36-34-32-30-27-24-22-20-18-16-14-12-10-8-6-4-2/h6,8,12,14,18,20,24,27,32,34,52-55,57-64,66-68,70-74H,3-5,7,9-11,13,15-17,19,21-23,25-26,28-31,33,35-51H2,1-2H3,(H,65,69)/b8-6-,14-12-,20-18-,27-24-,34-32-. The fourth-order valence-electron chi connectivity index (χ4n) is 10.2. The number of ether oxygens (including phenoxy) is 4. The minimum absolute atomic E-state index is 0.225. The van der Waals surface area contributed by atoms with E-state index in [-0.39, 0.29) is 18.9 Å². The lowest BCUT2D eigenvalue weighted by Gasteiger charge is -2.46. The molecule has 2 fully saturated rings. The molecule has 14 heteroatoms. The molecule has 454 valence electrons. The fourth-order valence-corrected chi connectivity index (χ4v) is 10.2. The second-order valence-electron chi connectivity index (χ2n) is 22.2. The van der Waals surface area contributed by atoms with Gasteiger partial charge in [-0.1, -0.05) is 242 Å². The molecule has 0 radical (unpaired) electrons. The van der Waals surface area contributed by atoms with Crippen LogP contribution >= 0.6 is 0 Å². The van der Waals surface area contributed by atoms with Gasteiger partial charge in [0.15, 0.2) is 12.6 Å². The van der Waals surface area contributed by atoms with E-state index < -0.39 is 86.8 Å². The van der Waals surface area contributed by atoms with Crippen molar-refractivity contribution in [2.45, 2.75) is 319 Å². The first-order valence-electron chi connectivity index (χ1n) is 31.5. The van der Waals surface area contributed by atoms with Crippen molar-refractivity contribution >= 4 is 5.91 Å². The van der Waals surface area contributed by atoms with Crippen molar-refractivity contribution < 1.29 is 64.6 Å². The molecule has 2 heterocycles. The highest BCUT2D eigenvalue weighted by molar-refractivity contribution is 5.76. The molecule has 0 spiro atoms. The third-order valence-corrected chi connectivity index (χ3v) is 15.2. The summed E-state index contributed by atoms with van der Waals surface area (Å²) in [4.78, 5) is 13.3. The van der Waals surface area contributed by atoms with Crippen LogP contribution in [0.5, 0.6) is 0 Å². The first-order chi connectivity index (χ1) is 38.1. The topological polar surface area (TPSA) is 228 Å². The molecule has 78 heavy (non-hydrogen) atoms. The SMILES string of the molecule is CC/C=C\C/C=C\C/C=C\C/C=C\C/C=C\CCCCCCCC(=O)NC(COC1OC(CO)C(OC2OC(CO)C(O)C(O)C2O)C(O)C1O)C(O)CCCCCCCCCCCCCCCCCCCCCCCCC. The predicted octanol–water partition coefficient (Wildman–Crippen LogP) is 11.3. The Labute approximate surface area is 473 Å². The normalized spacial score (nSPS) is 24.9. The molecule has 0 aromatic rings. The first kappa shape index (κ1) is 71.8. The molecule has 0 aromatic heterocycles. The maximum Gasteiger partial charge on any atom is 0.220 e. The lowest BCUT2D eigenvalue weighted by molar-refractivity contribution is -0.359. The smallest absolute Gasteiger partial charge is 0.220 e. The summed E-state index contributed by atoms with van der Waals surface area (Å²) in [5, 5.41) is 87.4. The van der Waals surface area contributed by atoms with Gasteiger partial charge in [0.1, 0.15) is 48.8 Å². The lowest BCUT2D eigenvalue weighted by Crippen LogP contribution is -2.65. The van der Waals surface area contributed by atoms with Gasteiger partial charge < -0.3 is 65.1 Å². The number of carbonyl (C=O) groups excluding carboxylic acids is 1. The molecule has 1 amide bonds. The van der Waals surface area contributed by atoms with Crippen LogP contribution < -0.4 is 5.32 Å². The van der Waals surface area contributed by atoms with Crippen LogP contribution in [0.1, 0.15) is 245 Å².